The molecule has 0 aromatic carbocycles. The Morgan fingerprint density at radius 2 is 2.47 bits per heavy atom. The molecule has 0 aliphatic carbocycles. The second-order valence-electron chi connectivity index (χ2n) is 4.98. The maximum Gasteiger partial charge on any atom is 0.315 e. The van der Waals surface area contributed by atoms with Crippen LogP contribution in [0.15, 0.2) is 6.20 Å². The lowest BCUT2D eigenvalue weighted by Gasteiger charge is -2.23. The fourth-order valence-electron chi connectivity index (χ4n) is 2.02. The fraction of sp³-hybridized carbons (Fsp3) is 0.692. The molecular formula is C13H21N3OS2. The van der Waals surface area contributed by atoms with E-state index >= 15 is 0 Å². The summed E-state index contributed by atoms with van der Waals surface area (Å²) in [5.74, 6) is 2.53. The van der Waals surface area contributed by atoms with E-state index in [4.69, 9.17) is 0 Å². The third kappa shape index (κ3) is 4.69. The van der Waals surface area contributed by atoms with Crippen LogP contribution in [-0.4, -0.2) is 35.1 Å². The first-order valence-electron chi connectivity index (χ1n) is 6.69. The molecule has 2 N–H and O–H groups in total. The summed E-state index contributed by atoms with van der Waals surface area (Å²) < 4.78 is 0. The average Bonchev–Trinajstić information content (AvgIpc) is 2.84. The summed E-state index contributed by atoms with van der Waals surface area (Å²) in [6, 6.07) is 0.281. The molecule has 1 fully saturated rings. The van der Waals surface area contributed by atoms with Crippen LogP contribution in [0.5, 0.6) is 0 Å². The van der Waals surface area contributed by atoms with Gasteiger partial charge in [0.25, 0.3) is 0 Å². The van der Waals surface area contributed by atoms with E-state index in [0.29, 0.717) is 12.6 Å². The van der Waals surface area contributed by atoms with Crippen LogP contribution in [0.4, 0.5) is 4.79 Å². The molecule has 2 rings (SSSR count). The standard InChI is InChI=1S/C13H21N3OS2/c1-9(12-14-7-10(2)19-12)6-15-13(17)16-11-4-3-5-18-8-11/h7,9,11H,3-6,8H2,1-2H3,(H2,15,16,17)/t9-,11+/m0/s1. The Bertz CT molecular complexity index is 416. The SMILES string of the molecule is Cc1cnc([C@@H](C)CNC(=O)N[C@@H]2CCCSC2)s1. The Morgan fingerprint density at radius 1 is 1.63 bits per heavy atom. The number of rotatable bonds is 4. The number of thiazole rings is 1. The number of thioether (sulfide) groups is 1. The Balaban J connectivity index is 1.70. The molecule has 0 unspecified atom stereocenters. The van der Waals surface area contributed by atoms with E-state index in [-0.39, 0.29) is 11.9 Å². The summed E-state index contributed by atoms with van der Waals surface area (Å²) in [6.07, 6.45) is 4.18. The molecule has 4 nitrogen and oxygen atoms in total. The van der Waals surface area contributed by atoms with Crippen LogP contribution in [0.1, 0.15) is 35.6 Å². The van der Waals surface area contributed by atoms with Crippen LogP contribution in [0.2, 0.25) is 0 Å². The van der Waals surface area contributed by atoms with Gasteiger partial charge < -0.3 is 10.6 Å². The van der Waals surface area contributed by atoms with Crippen molar-refractivity contribution in [2.24, 2.45) is 0 Å². The van der Waals surface area contributed by atoms with Crippen molar-refractivity contribution in [2.75, 3.05) is 18.1 Å². The van der Waals surface area contributed by atoms with Crippen LogP contribution in [0.25, 0.3) is 0 Å². The number of nitrogens with zero attached hydrogens (tertiary/aromatic N) is 1. The highest BCUT2D eigenvalue weighted by Crippen LogP contribution is 2.20. The number of carbonyl (C=O) groups is 1. The van der Waals surface area contributed by atoms with E-state index in [1.54, 1.807) is 11.3 Å². The molecule has 0 bridgehead atoms. The second kappa shape index (κ2) is 7.14. The molecule has 2 atom stereocenters. The van der Waals surface area contributed by atoms with Crippen LogP contribution in [0.3, 0.4) is 0 Å². The highest BCUT2D eigenvalue weighted by Gasteiger charge is 2.16. The lowest BCUT2D eigenvalue weighted by molar-refractivity contribution is 0.236. The number of carbonyl (C=O) groups excluding carboxylic acids is 1. The summed E-state index contributed by atoms with van der Waals surface area (Å²) in [7, 11) is 0. The van der Waals surface area contributed by atoms with E-state index in [9.17, 15) is 4.79 Å². The van der Waals surface area contributed by atoms with E-state index in [1.165, 1.54) is 17.1 Å². The van der Waals surface area contributed by atoms with Crippen LogP contribution >= 0.6 is 23.1 Å². The largest absolute Gasteiger partial charge is 0.337 e. The average molecular weight is 299 g/mol. The summed E-state index contributed by atoms with van der Waals surface area (Å²) >= 11 is 3.62. The minimum atomic E-state index is -0.0485. The fourth-order valence-corrected chi connectivity index (χ4v) is 3.92. The molecule has 1 aliphatic heterocycles. The van der Waals surface area contributed by atoms with Crippen molar-refractivity contribution in [3.63, 3.8) is 0 Å². The number of hydrogen-bond donors (Lipinski definition) is 2. The van der Waals surface area contributed by atoms with Gasteiger partial charge in [0.15, 0.2) is 0 Å². The van der Waals surface area contributed by atoms with Crippen LogP contribution in [-0.2, 0) is 0 Å². The molecule has 0 radical (unpaired) electrons. The quantitative estimate of drug-likeness (QED) is 0.899. The summed E-state index contributed by atoms with van der Waals surface area (Å²) in [5.41, 5.74) is 0. The van der Waals surface area contributed by atoms with E-state index in [0.717, 1.165) is 17.2 Å². The number of urea groups is 1. The van der Waals surface area contributed by atoms with Crippen LogP contribution < -0.4 is 10.6 Å². The van der Waals surface area contributed by atoms with E-state index in [1.807, 2.05) is 18.0 Å². The van der Waals surface area contributed by atoms with Crippen molar-refractivity contribution in [1.82, 2.24) is 15.6 Å². The van der Waals surface area contributed by atoms with Gasteiger partial charge in [0.2, 0.25) is 0 Å². The second-order valence-corrected chi connectivity index (χ2v) is 7.39. The topological polar surface area (TPSA) is 54.0 Å². The maximum absolute atomic E-state index is 11.8. The summed E-state index contributed by atoms with van der Waals surface area (Å²) in [4.78, 5) is 17.4. The van der Waals surface area contributed by atoms with E-state index in [2.05, 4.69) is 29.5 Å². The maximum atomic E-state index is 11.8. The monoisotopic (exact) mass is 299 g/mol. The van der Waals surface area contributed by atoms with Crippen LogP contribution in [0, 0.1) is 6.92 Å². The molecule has 6 heteroatoms. The van der Waals surface area contributed by atoms with Gasteiger partial charge in [-0.1, -0.05) is 6.92 Å². The predicted octanol–water partition coefficient (Wildman–Crippen LogP) is 2.75. The van der Waals surface area contributed by atoms with Gasteiger partial charge in [-0.05, 0) is 25.5 Å². The Labute approximate surface area is 122 Å². The van der Waals surface area contributed by atoms with E-state index < -0.39 is 0 Å². The highest BCUT2D eigenvalue weighted by atomic mass is 32.2. The first-order valence-corrected chi connectivity index (χ1v) is 8.66. The third-order valence-electron chi connectivity index (χ3n) is 3.13. The number of amides is 2. The zero-order valence-corrected chi connectivity index (χ0v) is 13.1. The normalized spacial score (nSPS) is 20.8. The van der Waals surface area contributed by atoms with Crippen molar-refractivity contribution in [2.45, 2.75) is 38.6 Å². The van der Waals surface area contributed by atoms with Gasteiger partial charge in [-0.3, -0.25) is 0 Å². The van der Waals surface area contributed by atoms with Crippen molar-refractivity contribution in [1.29, 1.82) is 0 Å². The van der Waals surface area contributed by atoms with Gasteiger partial charge in [-0.25, -0.2) is 9.78 Å². The van der Waals surface area contributed by atoms with Gasteiger partial charge in [-0.15, -0.1) is 11.3 Å². The number of aryl methyl sites for hydroxylation is 1. The molecule has 0 saturated carbocycles. The summed E-state index contributed by atoms with van der Waals surface area (Å²) in [6.45, 7) is 4.78. The number of nitrogens with one attached hydrogen (secondary N) is 2. The molecule has 1 aromatic rings. The number of aromatic nitrogens is 1. The van der Waals surface area contributed by atoms with Crippen molar-refractivity contribution in [3.8, 4) is 0 Å². The highest BCUT2D eigenvalue weighted by molar-refractivity contribution is 7.99. The third-order valence-corrected chi connectivity index (χ3v) is 5.48. The minimum absolute atomic E-state index is 0.0485. The van der Waals surface area contributed by atoms with Crippen molar-refractivity contribution in [3.05, 3.63) is 16.1 Å². The molecule has 1 aromatic heterocycles. The zero-order chi connectivity index (χ0) is 13.7. The molecule has 106 valence electrons. The van der Waals surface area contributed by atoms with Crippen molar-refractivity contribution < 1.29 is 4.79 Å². The molecule has 2 heterocycles. The molecule has 19 heavy (non-hydrogen) atoms. The first-order chi connectivity index (χ1) is 9.15. The first kappa shape index (κ1) is 14.7. The van der Waals surface area contributed by atoms with Gasteiger partial charge in [0.05, 0.1) is 5.01 Å². The van der Waals surface area contributed by atoms with Crippen molar-refractivity contribution >= 4 is 29.1 Å². The molecule has 1 saturated heterocycles. The summed E-state index contributed by atoms with van der Waals surface area (Å²) in [5, 5.41) is 7.08. The molecule has 0 spiro atoms. The van der Waals surface area contributed by atoms with Gasteiger partial charge >= 0.3 is 6.03 Å². The molecule has 2 amide bonds. The number of hydrogen-bond acceptors (Lipinski definition) is 4. The molecular weight excluding hydrogens is 278 g/mol. The van der Waals surface area contributed by atoms with Gasteiger partial charge in [0, 0.05) is 35.3 Å². The lowest BCUT2D eigenvalue weighted by Crippen LogP contribution is -2.45. The Morgan fingerprint density at radius 3 is 3.11 bits per heavy atom. The van der Waals surface area contributed by atoms with Gasteiger partial charge in [-0.2, -0.15) is 11.8 Å². The lowest BCUT2D eigenvalue weighted by atomic mass is 10.2. The van der Waals surface area contributed by atoms with Gasteiger partial charge in [0.1, 0.15) is 0 Å². The zero-order valence-electron chi connectivity index (χ0n) is 11.4. The smallest absolute Gasteiger partial charge is 0.315 e. The predicted molar refractivity (Wildman–Crippen MR) is 82.1 cm³/mol. The Hall–Kier alpha value is -0.750. The minimum Gasteiger partial charge on any atom is -0.337 e. The Kier molecular flexibility index (Phi) is 5.51. The molecule has 1 aliphatic rings.